The lowest BCUT2D eigenvalue weighted by molar-refractivity contribution is 0.136. The van der Waals surface area contributed by atoms with Gasteiger partial charge in [-0.25, -0.2) is 4.39 Å². The maximum absolute atomic E-state index is 13.0. The van der Waals surface area contributed by atoms with E-state index < -0.39 is 0 Å². The van der Waals surface area contributed by atoms with E-state index in [9.17, 15) is 4.39 Å². The number of nitrogens with two attached hydrogens (primary N) is 1. The third-order valence-corrected chi connectivity index (χ3v) is 4.00. The van der Waals surface area contributed by atoms with Gasteiger partial charge in [-0.1, -0.05) is 18.2 Å². The molecule has 0 amide bonds. The average Bonchev–Trinajstić information content (AvgIpc) is 2.50. The quantitative estimate of drug-likeness (QED) is 0.888. The minimum atomic E-state index is -0.211. The van der Waals surface area contributed by atoms with Gasteiger partial charge >= 0.3 is 0 Å². The molecule has 1 aromatic heterocycles. The molecule has 2 N–H and O–H groups in total. The zero-order chi connectivity index (χ0) is 15.3. The molecule has 0 saturated heterocycles. The smallest absolute Gasteiger partial charge is 0.123 e. The van der Waals surface area contributed by atoms with Crippen molar-refractivity contribution >= 4 is 0 Å². The zero-order valence-corrected chi connectivity index (χ0v) is 12.6. The van der Waals surface area contributed by atoms with E-state index in [4.69, 9.17) is 5.73 Å². The number of pyridine rings is 1. The van der Waals surface area contributed by atoms with Gasteiger partial charge in [0.05, 0.1) is 0 Å². The Labute approximate surface area is 125 Å². The second-order valence-electron chi connectivity index (χ2n) is 5.72. The molecule has 0 fully saturated rings. The lowest BCUT2D eigenvalue weighted by atomic mass is 9.91. The fourth-order valence-electron chi connectivity index (χ4n) is 2.36. The van der Waals surface area contributed by atoms with Crippen molar-refractivity contribution in [2.45, 2.75) is 25.4 Å². The van der Waals surface area contributed by atoms with E-state index in [1.54, 1.807) is 6.20 Å². The lowest BCUT2D eigenvalue weighted by Crippen LogP contribution is -2.50. The van der Waals surface area contributed by atoms with Crippen LogP contribution in [-0.4, -0.2) is 29.0 Å². The Balaban J connectivity index is 2.10. The van der Waals surface area contributed by atoms with Crippen LogP contribution in [0.3, 0.4) is 0 Å². The second-order valence-corrected chi connectivity index (χ2v) is 5.72. The third-order valence-electron chi connectivity index (χ3n) is 4.00. The minimum absolute atomic E-state index is 0.187. The molecular formula is C17H22FN3. The summed E-state index contributed by atoms with van der Waals surface area (Å²) in [5.74, 6) is -0.211. The third kappa shape index (κ3) is 4.09. The fraction of sp³-hybridized carbons (Fsp3) is 0.353. The Morgan fingerprint density at radius 3 is 2.48 bits per heavy atom. The maximum atomic E-state index is 13.0. The monoisotopic (exact) mass is 287 g/mol. The molecule has 0 aliphatic heterocycles. The molecule has 1 unspecified atom stereocenters. The molecule has 1 atom stereocenters. The molecule has 0 saturated carbocycles. The summed E-state index contributed by atoms with van der Waals surface area (Å²) in [6, 6.07) is 10.6. The van der Waals surface area contributed by atoms with Gasteiger partial charge in [-0.15, -0.1) is 0 Å². The standard InChI is InChI=1S/C17H22FN3/c1-17(13-19,10-14-5-7-16(18)8-6-14)21(2)12-15-4-3-9-20-11-15/h3-9,11H,10,12-13,19H2,1-2H3. The topological polar surface area (TPSA) is 42.2 Å². The molecule has 2 aromatic rings. The lowest BCUT2D eigenvalue weighted by Gasteiger charge is -2.38. The van der Waals surface area contributed by atoms with E-state index in [1.807, 2.05) is 24.4 Å². The predicted molar refractivity (Wildman–Crippen MR) is 83.3 cm³/mol. The second kappa shape index (κ2) is 6.78. The first kappa shape index (κ1) is 15.6. The Kier molecular flexibility index (Phi) is 5.04. The maximum Gasteiger partial charge on any atom is 0.123 e. The van der Waals surface area contributed by atoms with Crippen LogP contribution in [0, 0.1) is 5.82 Å². The van der Waals surface area contributed by atoms with E-state index in [0.717, 1.165) is 24.1 Å². The predicted octanol–water partition coefficient (Wildman–Crippen LogP) is 2.61. The fourth-order valence-corrected chi connectivity index (χ4v) is 2.36. The number of likely N-dealkylation sites (N-methyl/N-ethyl adjacent to an activating group) is 1. The van der Waals surface area contributed by atoms with Crippen LogP contribution < -0.4 is 5.73 Å². The Hall–Kier alpha value is -1.78. The van der Waals surface area contributed by atoms with E-state index in [2.05, 4.69) is 29.9 Å². The van der Waals surface area contributed by atoms with Crippen molar-refractivity contribution in [2.75, 3.05) is 13.6 Å². The molecule has 4 heteroatoms. The van der Waals surface area contributed by atoms with Gasteiger partial charge in [0.25, 0.3) is 0 Å². The highest BCUT2D eigenvalue weighted by atomic mass is 19.1. The molecule has 1 heterocycles. The summed E-state index contributed by atoms with van der Waals surface area (Å²) in [4.78, 5) is 6.37. The summed E-state index contributed by atoms with van der Waals surface area (Å²) in [5.41, 5.74) is 8.06. The highest BCUT2D eigenvalue weighted by Gasteiger charge is 2.28. The largest absolute Gasteiger partial charge is 0.329 e. The summed E-state index contributed by atoms with van der Waals surface area (Å²) in [6.45, 7) is 3.44. The molecule has 0 aliphatic carbocycles. The Morgan fingerprint density at radius 2 is 1.90 bits per heavy atom. The van der Waals surface area contributed by atoms with E-state index in [0.29, 0.717) is 6.54 Å². The molecule has 0 spiro atoms. The van der Waals surface area contributed by atoms with Crippen molar-refractivity contribution < 1.29 is 4.39 Å². The van der Waals surface area contributed by atoms with Crippen molar-refractivity contribution in [1.82, 2.24) is 9.88 Å². The van der Waals surface area contributed by atoms with E-state index in [-0.39, 0.29) is 11.4 Å². The number of hydrogen-bond donors (Lipinski definition) is 1. The highest BCUT2D eigenvalue weighted by molar-refractivity contribution is 5.19. The normalized spacial score (nSPS) is 14.1. The summed E-state index contributed by atoms with van der Waals surface area (Å²) < 4.78 is 13.0. The van der Waals surface area contributed by atoms with Crippen LogP contribution in [0.1, 0.15) is 18.1 Å². The summed E-state index contributed by atoms with van der Waals surface area (Å²) in [6.07, 6.45) is 4.41. The van der Waals surface area contributed by atoms with Gasteiger partial charge in [0.1, 0.15) is 5.82 Å². The SMILES string of the molecule is CN(Cc1cccnc1)C(C)(CN)Cc1ccc(F)cc1. The Bertz CT molecular complexity index is 556. The molecule has 3 nitrogen and oxygen atoms in total. The van der Waals surface area contributed by atoms with Crippen molar-refractivity contribution in [3.63, 3.8) is 0 Å². The van der Waals surface area contributed by atoms with Gasteiger partial charge in [0, 0.05) is 31.0 Å². The van der Waals surface area contributed by atoms with Gasteiger partial charge in [-0.05, 0) is 49.7 Å². The van der Waals surface area contributed by atoms with Crippen LogP contribution in [0.5, 0.6) is 0 Å². The number of rotatable bonds is 6. The van der Waals surface area contributed by atoms with Crippen LogP contribution in [0.15, 0.2) is 48.8 Å². The molecule has 0 radical (unpaired) electrons. The van der Waals surface area contributed by atoms with Crippen LogP contribution >= 0.6 is 0 Å². The molecule has 0 bridgehead atoms. The van der Waals surface area contributed by atoms with Crippen molar-refractivity contribution in [1.29, 1.82) is 0 Å². The van der Waals surface area contributed by atoms with Gasteiger partial charge in [0.2, 0.25) is 0 Å². The van der Waals surface area contributed by atoms with Gasteiger partial charge in [0.15, 0.2) is 0 Å². The van der Waals surface area contributed by atoms with E-state index >= 15 is 0 Å². The number of hydrogen-bond acceptors (Lipinski definition) is 3. The number of nitrogens with zero attached hydrogens (tertiary/aromatic N) is 2. The summed E-state index contributed by atoms with van der Waals surface area (Å²) >= 11 is 0. The van der Waals surface area contributed by atoms with E-state index in [1.165, 1.54) is 12.1 Å². The van der Waals surface area contributed by atoms with Crippen molar-refractivity contribution in [3.05, 3.63) is 65.7 Å². The van der Waals surface area contributed by atoms with Crippen LogP contribution in [0.25, 0.3) is 0 Å². The Morgan fingerprint density at radius 1 is 1.19 bits per heavy atom. The van der Waals surface area contributed by atoms with Gasteiger partial charge < -0.3 is 5.73 Å². The molecule has 1 aromatic carbocycles. The minimum Gasteiger partial charge on any atom is -0.329 e. The van der Waals surface area contributed by atoms with Crippen LogP contribution in [-0.2, 0) is 13.0 Å². The zero-order valence-electron chi connectivity index (χ0n) is 12.6. The number of benzene rings is 1. The first-order valence-corrected chi connectivity index (χ1v) is 7.08. The number of aromatic nitrogens is 1. The van der Waals surface area contributed by atoms with Crippen molar-refractivity contribution in [3.8, 4) is 0 Å². The summed E-state index contributed by atoms with van der Waals surface area (Å²) in [7, 11) is 2.06. The number of halogens is 1. The van der Waals surface area contributed by atoms with Crippen LogP contribution in [0.2, 0.25) is 0 Å². The van der Waals surface area contributed by atoms with Crippen LogP contribution in [0.4, 0.5) is 4.39 Å². The average molecular weight is 287 g/mol. The summed E-state index contributed by atoms with van der Waals surface area (Å²) in [5, 5.41) is 0. The highest BCUT2D eigenvalue weighted by Crippen LogP contribution is 2.21. The molecule has 2 rings (SSSR count). The molecule has 0 aliphatic rings. The van der Waals surface area contributed by atoms with Gasteiger partial charge in [-0.3, -0.25) is 9.88 Å². The molecule has 21 heavy (non-hydrogen) atoms. The van der Waals surface area contributed by atoms with Gasteiger partial charge in [-0.2, -0.15) is 0 Å². The van der Waals surface area contributed by atoms with Crippen molar-refractivity contribution in [2.24, 2.45) is 5.73 Å². The molecular weight excluding hydrogens is 265 g/mol. The first-order valence-electron chi connectivity index (χ1n) is 7.08. The first-order chi connectivity index (χ1) is 10.0. The molecule has 112 valence electrons.